The van der Waals surface area contributed by atoms with E-state index in [4.69, 9.17) is 0 Å². The van der Waals surface area contributed by atoms with Crippen LogP contribution in [0.4, 0.5) is 0 Å². The summed E-state index contributed by atoms with van der Waals surface area (Å²) < 4.78 is 0. The molecule has 15 heavy (non-hydrogen) atoms. The first-order valence-electron chi connectivity index (χ1n) is 6.28. The van der Waals surface area contributed by atoms with E-state index in [9.17, 15) is 4.79 Å². The third kappa shape index (κ3) is 2.33. The quantitative estimate of drug-likeness (QED) is 0.740. The second-order valence-electron chi connectivity index (χ2n) is 5.02. The van der Waals surface area contributed by atoms with Crippen LogP contribution in [0, 0.1) is 5.92 Å². The highest BCUT2D eigenvalue weighted by Gasteiger charge is 2.37. The van der Waals surface area contributed by atoms with Crippen molar-refractivity contribution in [3.05, 3.63) is 0 Å². The normalized spacial score (nSPS) is 29.3. The van der Waals surface area contributed by atoms with Gasteiger partial charge in [0.25, 0.3) is 0 Å². The average molecular weight is 210 g/mol. The molecule has 1 heterocycles. The Morgan fingerprint density at radius 1 is 1.47 bits per heavy atom. The van der Waals surface area contributed by atoms with Gasteiger partial charge in [-0.3, -0.25) is 4.79 Å². The molecule has 0 bridgehead atoms. The summed E-state index contributed by atoms with van der Waals surface area (Å²) in [6, 6.07) is 0. The van der Waals surface area contributed by atoms with Gasteiger partial charge in [0, 0.05) is 12.1 Å². The molecule has 1 atom stereocenters. The molecular weight excluding hydrogens is 188 g/mol. The van der Waals surface area contributed by atoms with Gasteiger partial charge in [0.1, 0.15) is 0 Å². The van der Waals surface area contributed by atoms with Crippen molar-refractivity contribution in [3.8, 4) is 0 Å². The van der Waals surface area contributed by atoms with E-state index < -0.39 is 0 Å². The molecule has 2 N–H and O–H groups in total. The minimum Gasteiger partial charge on any atom is -0.350 e. The van der Waals surface area contributed by atoms with Crippen LogP contribution in [0.5, 0.6) is 0 Å². The first kappa shape index (κ1) is 10.9. The van der Waals surface area contributed by atoms with Crippen LogP contribution >= 0.6 is 0 Å². The van der Waals surface area contributed by atoms with Gasteiger partial charge < -0.3 is 10.6 Å². The zero-order chi connectivity index (χ0) is 10.7. The highest BCUT2D eigenvalue weighted by Crippen LogP contribution is 2.35. The maximum atomic E-state index is 12.0. The molecule has 2 fully saturated rings. The van der Waals surface area contributed by atoms with Gasteiger partial charge in [-0.1, -0.05) is 6.92 Å². The topological polar surface area (TPSA) is 41.1 Å². The SMILES string of the molecule is CCC1(NC(=O)[C@H]2CCCNC2)CCC1. The van der Waals surface area contributed by atoms with Crippen molar-refractivity contribution in [2.24, 2.45) is 5.92 Å². The molecule has 0 aromatic carbocycles. The van der Waals surface area contributed by atoms with Crippen LogP contribution in [-0.4, -0.2) is 24.5 Å². The second-order valence-corrected chi connectivity index (χ2v) is 5.02. The maximum absolute atomic E-state index is 12.0. The van der Waals surface area contributed by atoms with E-state index in [0.717, 1.165) is 32.4 Å². The van der Waals surface area contributed by atoms with Crippen molar-refractivity contribution in [1.29, 1.82) is 0 Å². The highest BCUT2D eigenvalue weighted by atomic mass is 16.2. The lowest BCUT2D eigenvalue weighted by Gasteiger charge is -2.43. The molecule has 0 spiro atoms. The van der Waals surface area contributed by atoms with Crippen molar-refractivity contribution in [2.75, 3.05) is 13.1 Å². The van der Waals surface area contributed by atoms with Crippen molar-refractivity contribution < 1.29 is 4.79 Å². The van der Waals surface area contributed by atoms with E-state index in [1.165, 1.54) is 19.3 Å². The molecule has 1 saturated heterocycles. The minimum atomic E-state index is 0.161. The van der Waals surface area contributed by atoms with Crippen LogP contribution in [0.1, 0.15) is 45.4 Å². The van der Waals surface area contributed by atoms with E-state index in [1.807, 2.05) is 0 Å². The molecule has 0 unspecified atom stereocenters. The number of piperidine rings is 1. The fourth-order valence-corrected chi connectivity index (χ4v) is 2.61. The first-order valence-corrected chi connectivity index (χ1v) is 6.28. The molecule has 3 nitrogen and oxygen atoms in total. The summed E-state index contributed by atoms with van der Waals surface area (Å²) in [5.41, 5.74) is 0.161. The Morgan fingerprint density at radius 2 is 2.27 bits per heavy atom. The molecule has 3 heteroatoms. The Hall–Kier alpha value is -0.570. The summed E-state index contributed by atoms with van der Waals surface area (Å²) in [5.74, 6) is 0.492. The highest BCUT2D eigenvalue weighted by molar-refractivity contribution is 5.79. The van der Waals surface area contributed by atoms with E-state index in [0.29, 0.717) is 0 Å². The van der Waals surface area contributed by atoms with Crippen LogP contribution < -0.4 is 10.6 Å². The number of carbonyl (C=O) groups excluding carboxylic acids is 1. The molecule has 1 amide bonds. The summed E-state index contributed by atoms with van der Waals surface area (Å²) >= 11 is 0. The molecule has 0 aromatic rings. The van der Waals surface area contributed by atoms with E-state index in [2.05, 4.69) is 17.6 Å². The van der Waals surface area contributed by atoms with Crippen LogP contribution in [-0.2, 0) is 4.79 Å². The van der Waals surface area contributed by atoms with Gasteiger partial charge in [-0.15, -0.1) is 0 Å². The standard InChI is InChI=1S/C12H22N2O/c1-2-12(6-4-7-12)14-11(15)10-5-3-8-13-9-10/h10,13H,2-9H2,1H3,(H,14,15)/t10-/m0/s1. The van der Waals surface area contributed by atoms with Crippen LogP contribution in [0.3, 0.4) is 0 Å². The number of nitrogens with one attached hydrogen (secondary N) is 2. The summed E-state index contributed by atoms with van der Waals surface area (Å²) in [6.07, 6.45) is 6.90. The fourth-order valence-electron chi connectivity index (χ4n) is 2.61. The zero-order valence-corrected chi connectivity index (χ0v) is 9.64. The van der Waals surface area contributed by atoms with E-state index in [-0.39, 0.29) is 17.4 Å². The Balaban J connectivity index is 1.85. The van der Waals surface area contributed by atoms with Gasteiger partial charge >= 0.3 is 0 Å². The number of carbonyl (C=O) groups is 1. The largest absolute Gasteiger partial charge is 0.350 e. The lowest BCUT2D eigenvalue weighted by Crippen LogP contribution is -2.55. The Bertz CT molecular complexity index is 224. The van der Waals surface area contributed by atoms with Gasteiger partial charge in [0.05, 0.1) is 5.92 Å². The lowest BCUT2D eigenvalue weighted by molar-refractivity contribution is -0.128. The predicted molar refractivity (Wildman–Crippen MR) is 60.6 cm³/mol. The fraction of sp³-hybridized carbons (Fsp3) is 0.917. The smallest absolute Gasteiger partial charge is 0.224 e. The van der Waals surface area contributed by atoms with Crippen molar-refractivity contribution >= 4 is 5.91 Å². The number of hydrogen-bond acceptors (Lipinski definition) is 2. The van der Waals surface area contributed by atoms with Crippen LogP contribution in [0.15, 0.2) is 0 Å². The van der Waals surface area contributed by atoms with E-state index in [1.54, 1.807) is 0 Å². The summed E-state index contributed by atoms with van der Waals surface area (Å²) in [7, 11) is 0. The molecule has 1 aliphatic heterocycles. The Morgan fingerprint density at radius 3 is 2.73 bits per heavy atom. The molecule has 1 saturated carbocycles. The van der Waals surface area contributed by atoms with Gasteiger partial charge in [-0.2, -0.15) is 0 Å². The van der Waals surface area contributed by atoms with E-state index >= 15 is 0 Å². The molecule has 86 valence electrons. The van der Waals surface area contributed by atoms with Gasteiger partial charge in [-0.25, -0.2) is 0 Å². The van der Waals surface area contributed by atoms with Crippen LogP contribution in [0.25, 0.3) is 0 Å². The molecule has 0 radical (unpaired) electrons. The Labute approximate surface area is 92.0 Å². The molecular formula is C12H22N2O. The molecule has 0 aromatic heterocycles. The van der Waals surface area contributed by atoms with Crippen molar-refractivity contribution in [1.82, 2.24) is 10.6 Å². The first-order chi connectivity index (χ1) is 7.26. The number of hydrogen-bond donors (Lipinski definition) is 2. The van der Waals surface area contributed by atoms with Crippen molar-refractivity contribution in [2.45, 2.75) is 51.0 Å². The van der Waals surface area contributed by atoms with Crippen LogP contribution in [0.2, 0.25) is 0 Å². The second kappa shape index (κ2) is 4.52. The molecule has 2 rings (SSSR count). The number of rotatable bonds is 3. The summed E-state index contributed by atoms with van der Waals surface area (Å²) in [5, 5.41) is 6.57. The monoisotopic (exact) mass is 210 g/mol. The van der Waals surface area contributed by atoms with Crippen molar-refractivity contribution in [3.63, 3.8) is 0 Å². The molecule has 2 aliphatic rings. The summed E-state index contributed by atoms with van der Waals surface area (Å²) in [4.78, 5) is 12.0. The zero-order valence-electron chi connectivity index (χ0n) is 9.64. The average Bonchev–Trinajstić information content (AvgIpc) is 2.24. The van der Waals surface area contributed by atoms with Gasteiger partial charge in [-0.05, 0) is 45.1 Å². The third-order valence-corrected chi connectivity index (χ3v) is 4.04. The third-order valence-electron chi connectivity index (χ3n) is 4.04. The lowest BCUT2D eigenvalue weighted by atomic mass is 9.74. The Kier molecular flexibility index (Phi) is 3.29. The minimum absolute atomic E-state index is 0.161. The predicted octanol–water partition coefficient (Wildman–Crippen LogP) is 1.43. The maximum Gasteiger partial charge on any atom is 0.224 e. The van der Waals surface area contributed by atoms with Gasteiger partial charge in [0.2, 0.25) is 5.91 Å². The number of amides is 1. The summed E-state index contributed by atoms with van der Waals surface area (Å²) in [6.45, 7) is 4.12. The van der Waals surface area contributed by atoms with Gasteiger partial charge in [0.15, 0.2) is 0 Å². The molecule has 1 aliphatic carbocycles.